The fourth-order valence-electron chi connectivity index (χ4n) is 4.28. The van der Waals surface area contributed by atoms with Gasteiger partial charge in [0.2, 0.25) is 0 Å². The van der Waals surface area contributed by atoms with E-state index in [1.54, 1.807) is 0 Å². The van der Waals surface area contributed by atoms with Crippen molar-refractivity contribution in [3.63, 3.8) is 0 Å². The summed E-state index contributed by atoms with van der Waals surface area (Å²) < 4.78 is 5.25. The lowest BCUT2D eigenvalue weighted by molar-refractivity contribution is -0.315. The van der Waals surface area contributed by atoms with Gasteiger partial charge in [0.25, 0.3) is 0 Å². The number of rotatable bonds is 7. The van der Waals surface area contributed by atoms with E-state index in [0.29, 0.717) is 12.2 Å². The average Bonchev–Trinajstić information content (AvgIpc) is 2.69. The summed E-state index contributed by atoms with van der Waals surface area (Å²) in [5.74, 6) is -0.0500. The van der Waals surface area contributed by atoms with Crippen LogP contribution in [-0.4, -0.2) is 27.9 Å². The maximum absolute atomic E-state index is 12.7. The van der Waals surface area contributed by atoms with E-state index in [1.807, 2.05) is 45.0 Å². The van der Waals surface area contributed by atoms with E-state index >= 15 is 0 Å². The summed E-state index contributed by atoms with van der Waals surface area (Å²) in [6, 6.07) is 7.99. The van der Waals surface area contributed by atoms with Gasteiger partial charge < -0.3 is 4.74 Å². The normalized spacial score (nSPS) is 30.1. The standard InChI is InChI=1S/C24H37NO4/c1-9-23(7)15-22(27)16(3)24(8,10-2)25(23)29-18(5)21-13-11-20(12-14-21)17(4)28-19(6)26/h11-14,16-18H,9-10,15H2,1-8H3. The minimum Gasteiger partial charge on any atom is -0.458 e. The molecule has 5 atom stereocenters. The number of carbonyl (C=O) groups excluding carboxylic acids is 2. The van der Waals surface area contributed by atoms with Crippen LogP contribution >= 0.6 is 0 Å². The predicted octanol–water partition coefficient (Wildman–Crippen LogP) is 5.55. The number of ketones is 1. The zero-order valence-electron chi connectivity index (χ0n) is 19.2. The molecule has 0 aromatic heterocycles. The molecule has 5 heteroatoms. The molecule has 0 bridgehead atoms. The number of ether oxygens (including phenoxy) is 1. The van der Waals surface area contributed by atoms with E-state index in [4.69, 9.17) is 9.57 Å². The second-order valence-electron chi connectivity index (χ2n) is 8.89. The number of esters is 1. The number of hydroxylamine groups is 2. The van der Waals surface area contributed by atoms with E-state index in [-0.39, 0.29) is 35.2 Å². The van der Waals surface area contributed by atoms with Crippen molar-refractivity contribution in [2.24, 2.45) is 5.92 Å². The second-order valence-corrected chi connectivity index (χ2v) is 8.89. The minimum atomic E-state index is -0.349. The number of Topliss-reactive ketones (excluding diaryl/α,β-unsaturated/α-hetero) is 1. The molecule has 0 saturated carbocycles. The van der Waals surface area contributed by atoms with Crippen molar-refractivity contribution in [3.8, 4) is 0 Å². The van der Waals surface area contributed by atoms with E-state index in [9.17, 15) is 9.59 Å². The average molecular weight is 404 g/mol. The van der Waals surface area contributed by atoms with Crippen LogP contribution in [0.4, 0.5) is 0 Å². The Kier molecular flexibility index (Phi) is 7.28. The third-order valence-corrected chi connectivity index (χ3v) is 6.88. The van der Waals surface area contributed by atoms with Crippen LogP contribution in [-0.2, 0) is 19.2 Å². The first-order chi connectivity index (χ1) is 13.5. The molecule has 5 nitrogen and oxygen atoms in total. The van der Waals surface area contributed by atoms with Crippen LogP contribution in [0, 0.1) is 5.92 Å². The van der Waals surface area contributed by atoms with E-state index in [1.165, 1.54) is 6.92 Å². The smallest absolute Gasteiger partial charge is 0.303 e. The third kappa shape index (κ3) is 4.72. The van der Waals surface area contributed by atoms with Gasteiger partial charge in [0.1, 0.15) is 18.0 Å². The zero-order valence-corrected chi connectivity index (χ0v) is 19.2. The van der Waals surface area contributed by atoms with Crippen molar-refractivity contribution >= 4 is 11.8 Å². The second kappa shape index (κ2) is 8.97. The Labute approximate surface area is 175 Å². The molecule has 1 aliphatic rings. The van der Waals surface area contributed by atoms with Crippen LogP contribution in [0.1, 0.15) is 98.0 Å². The van der Waals surface area contributed by atoms with Gasteiger partial charge in [-0.1, -0.05) is 45.0 Å². The van der Waals surface area contributed by atoms with Crippen LogP contribution in [0.5, 0.6) is 0 Å². The van der Waals surface area contributed by atoms with E-state index in [2.05, 4.69) is 32.8 Å². The summed E-state index contributed by atoms with van der Waals surface area (Å²) in [4.78, 5) is 30.5. The quantitative estimate of drug-likeness (QED) is 0.559. The molecular formula is C24H37NO4. The summed E-state index contributed by atoms with van der Waals surface area (Å²) in [5, 5.41) is 2.12. The Bertz CT molecular complexity index is 731. The van der Waals surface area contributed by atoms with Gasteiger partial charge in [-0.25, -0.2) is 0 Å². The fraction of sp³-hybridized carbons (Fsp3) is 0.667. The summed E-state index contributed by atoms with van der Waals surface area (Å²) in [7, 11) is 0. The Morgan fingerprint density at radius 3 is 2.07 bits per heavy atom. The van der Waals surface area contributed by atoms with Gasteiger partial charge in [0.05, 0.1) is 11.1 Å². The maximum atomic E-state index is 12.7. The monoisotopic (exact) mass is 403 g/mol. The molecule has 29 heavy (non-hydrogen) atoms. The fourth-order valence-corrected chi connectivity index (χ4v) is 4.28. The van der Waals surface area contributed by atoms with Crippen molar-refractivity contribution in [1.29, 1.82) is 0 Å². The largest absolute Gasteiger partial charge is 0.458 e. The number of hydrogen-bond donors (Lipinski definition) is 0. The van der Waals surface area contributed by atoms with Gasteiger partial charge in [-0.3, -0.25) is 14.4 Å². The highest BCUT2D eigenvalue weighted by atomic mass is 16.7. The van der Waals surface area contributed by atoms with Crippen molar-refractivity contribution < 1.29 is 19.2 Å². The molecule has 0 amide bonds. The van der Waals surface area contributed by atoms with Gasteiger partial charge in [0.15, 0.2) is 0 Å². The number of piperidine rings is 1. The van der Waals surface area contributed by atoms with Crippen LogP contribution < -0.4 is 0 Å². The van der Waals surface area contributed by atoms with Gasteiger partial charge in [-0.05, 0) is 51.7 Å². The molecule has 2 rings (SSSR count). The Morgan fingerprint density at radius 2 is 1.62 bits per heavy atom. The Balaban J connectivity index is 2.25. The summed E-state index contributed by atoms with van der Waals surface area (Å²) in [6.07, 6.45) is 1.74. The number of nitrogens with zero attached hydrogens (tertiary/aromatic N) is 1. The molecule has 162 valence electrons. The molecule has 1 aromatic rings. The van der Waals surface area contributed by atoms with Gasteiger partial charge in [-0.2, -0.15) is 5.06 Å². The zero-order chi connectivity index (χ0) is 22.0. The first-order valence-corrected chi connectivity index (χ1v) is 10.8. The molecular weight excluding hydrogens is 366 g/mol. The molecule has 0 N–H and O–H groups in total. The summed E-state index contributed by atoms with van der Waals surface area (Å²) in [6.45, 7) is 15.8. The topological polar surface area (TPSA) is 55.8 Å². The number of hydrogen-bond acceptors (Lipinski definition) is 5. The SMILES string of the molecule is CCC1(C)CC(=O)C(C)C(C)(CC)N1OC(C)c1ccc(C(C)OC(C)=O)cc1. The lowest BCUT2D eigenvalue weighted by Crippen LogP contribution is -2.66. The van der Waals surface area contributed by atoms with Crippen LogP contribution in [0.15, 0.2) is 24.3 Å². The van der Waals surface area contributed by atoms with Gasteiger partial charge >= 0.3 is 5.97 Å². The molecule has 5 unspecified atom stereocenters. The maximum Gasteiger partial charge on any atom is 0.303 e. The third-order valence-electron chi connectivity index (χ3n) is 6.88. The molecule has 0 spiro atoms. The minimum absolute atomic E-state index is 0.0775. The molecule has 1 saturated heterocycles. The number of benzene rings is 1. The molecule has 1 aliphatic heterocycles. The van der Waals surface area contributed by atoms with Crippen LogP contribution in [0.25, 0.3) is 0 Å². The van der Waals surface area contributed by atoms with E-state index < -0.39 is 0 Å². The Hall–Kier alpha value is -1.72. The predicted molar refractivity (Wildman–Crippen MR) is 114 cm³/mol. The number of carbonyl (C=O) groups is 2. The highest BCUT2D eigenvalue weighted by molar-refractivity contribution is 5.84. The lowest BCUT2D eigenvalue weighted by Gasteiger charge is -2.56. The van der Waals surface area contributed by atoms with Crippen molar-refractivity contribution in [3.05, 3.63) is 35.4 Å². The molecule has 0 radical (unpaired) electrons. The van der Waals surface area contributed by atoms with Gasteiger partial charge in [0, 0.05) is 19.3 Å². The van der Waals surface area contributed by atoms with Crippen molar-refractivity contribution in [2.75, 3.05) is 0 Å². The molecule has 1 aromatic carbocycles. The van der Waals surface area contributed by atoms with Crippen LogP contribution in [0.3, 0.4) is 0 Å². The highest BCUT2D eigenvalue weighted by Gasteiger charge is 2.54. The van der Waals surface area contributed by atoms with Crippen molar-refractivity contribution in [1.82, 2.24) is 5.06 Å². The van der Waals surface area contributed by atoms with E-state index in [0.717, 1.165) is 24.0 Å². The van der Waals surface area contributed by atoms with Gasteiger partial charge in [-0.15, -0.1) is 0 Å². The molecule has 1 fully saturated rings. The first-order valence-electron chi connectivity index (χ1n) is 10.8. The van der Waals surface area contributed by atoms with Crippen LogP contribution in [0.2, 0.25) is 0 Å². The highest BCUT2D eigenvalue weighted by Crippen LogP contribution is 2.45. The summed E-state index contributed by atoms with van der Waals surface area (Å²) >= 11 is 0. The lowest BCUT2D eigenvalue weighted by atomic mass is 9.70. The molecule has 0 aliphatic carbocycles. The molecule has 1 heterocycles. The van der Waals surface area contributed by atoms with Crippen molar-refractivity contribution in [2.45, 2.75) is 97.9 Å². The Morgan fingerprint density at radius 1 is 1.10 bits per heavy atom. The first kappa shape index (κ1) is 23.6. The summed E-state index contributed by atoms with van der Waals surface area (Å²) in [5.41, 5.74) is 1.32.